The standard InChI is InChI=1S/C45H45N5O5Si/c1-29-42(56(3,4)35-21-19-34(54-2)20-22-35)40(23-25-48-28-32(24-26-51)46-47-48)55-45(29)37-12-5-6-13-38(37)49(44(45)53)27-30-15-17-33(18-16-30)50-39-14-8-10-31-9-7-11-36(41(31)39)43(50)52/h5-22,28-29,40,42,51H,23-27H2,1-4H3/t29-,40+,42-,45+/m0/s1. The van der Waals surface area contributed by atoms with Gasteiger partial charge in [0.1, 0.15) is 5.75 Å². The minimum absolute atomic E-state index is 0.0140. The number of aryl methyl sites for hydroxylation is 1. The molecule has 9 rings (SSSR count). The molecule has 284 valence electrons. The molecule has 1 saturated heterocycles. The van der Waals surface area contributed by atoms with Crippen molar-refractivity contribution >= 4 is 52.9 Å². The highest BCUT2D eigenvalue weighted by atomic mass is 28.3. The number of nitrogens with zero attached hydrogens (tertiary/aromatic N) is 5. The number of amides is 2. The predicted molar refractivity (Wildman–Crippen MR) is 219 cm³/mol. The third-order valence-electron chi connectivity index (χ3n) is 12.4. The zero-order valence-corrected chi connectivity index (χ0v) is 33.1. The lowest BCUT2D eigenvalue weighted by Gasteiger charge is -2.37. The summed E-state index contributed by atoms with van der Waals surface area (Å²) in [6.45, 7) is 7.92. The SMILES string of the molecule is COc1ccc([Si](C)(C)[C@@H]2[C@@H](CCn3cc(CCO)nn3)O[C@]3(C(=O)N(Cc4ccc(N5C(=O)c6cccc7cccc5c67)cc4)c4ccccc43)[C@H]2C)cc1. The number of benzene rings is 5. The fourth-order valence-corrected chi connectivity index (χ4v) is 13.8. The van der Waals surface area contributed by atoms with Crippen molar-refractivity contribution in [2.24, 2.45) is 5.92 Å². The van der Waals surface area contributed by atoms with Crippen molar-refractivity contribution in [3.63, 3.8) is 0 Å². The lowest BCUT2D eigenvalue weighted by atomic mass is 9.82. The fraction of sp³-hybridized carbons (Fsp3) is 0.289. The molecule has 0 saturated carbocycles. The van der Waals surface area contributed by atoms with E-state index in [2.05, 4.69) is 48.5 Å². The Morgan fingerprint density at radius 2 is 1.62 bits per heavy atom. The molecule has 1 N–H and O–H groups in total. The molecule has 10 nitrogen and oxygen atoms in total. The first-order valence-electron chi connectivity index (χ1n) is 19.3. The van der Waals surface area contributed by atoms with Crippen molar-refractivity contribution in [1.82, 2.24) is 15.0 Å². The molecule has 0 aliphatic carbocycles. The largest absolute Gasteiger partial charge is 0.497 e. The molecule has 0 unspecified atom stereocenters. The number of carbonyl (C=O) groups is 2. The van der Waals surface area contributed by atoms with Gasteiger partial charge in [0, 0.05) is 48.3 Å². The first-order valence-corrected chi connectivity index (χ1v) is 22.4. The Bertz CT molecular complexity index is 2460. The highest BCUT2D eigenvalue weighted by Crippen LogP contribution is 2.60. The summed E-state index contributed by atoms with van der Waals surface area (Å²) < 4.78 is 14.6. The van der Waals surface area contributed by atoms with Crippen LogP contribution in [0.4, 0.5) is 17.1 Å². The van der Waals surface area contributed by atoms with Gasteiger partial charge in [-0.25, -0.2) is 0 Å². The predicted octanol–water partition coefficient (Wildman–Crippen LogP) is 7.12. The maximum absolute atomic E-state index is 15.2. The highest BCUT2D eigenvalue weighted by molar-refractivity contribution is 6.91. The molecule has 1 spiro atoms. The second-order valence-corrected chi connectivity index (χ2v) is 20.5. The normalized spacial score (nSPS) is 21.5. The van der Waals surface area contributed by atoms with Crippen LogP contribution in [0.15, 0.2) is 115 Å². The van der Waals surface area contributed by atoms with E-state index in [0.29, 0.717) is 31.5 Å². The first kappa shape index (κ1) is 36.0. The number of rotatable bonds is 11. The molecule has 11 heteroatoms. The van der Waals surface area contributed by atoms with Crippen LogP contribution in [0.1, 0.15) is 40.5 Å². The van der Waals surface area contributed by atoms with E-state index < -0.39 is 13.7 Å². The minimum Gasteiger partial charge on any atom is -0.497 e. The number of hydrogen-bond acceptors (Lipinski definition) is 7. The molecule has 3 aliphatic rings. The number of aliphatic hydroxyl groups is 1. The van der Waals surface area contributed by atoms with Crippen molar-refractivity contribution in [3.8, 4) is 5.75 Å². The lowest BCUT2D eigenvalue weighted by Crippen LogP contribution is -2.51. The van der Waals surface area contributed by atoms with Gasteiger partial charge < -0.3 is 19.5 Å². The van der Waals surface area contributed by atoms with E-state index in [9.17, 15) is 9.90 Å². The van der Waals surface area contributed by atoms with E-state index in [0.717, 1.165) is 50.4 Å². The molecule has 4 heterocycles. The maximum atomic E-state index is 15.2. The number of carbonyl (C=O) groups excluding carboxylic acids is 2. The number of anilines is 3. The summed E-state index contributed by atoms with van der Waals surface area (Å²) in [6.07, 6.45) is 2.75. The zero-order valence-electron chi connectivity index (χ0n) is 32.1. The molecule has 3 aliphatic heterocycles. The first-order chi connectivity index (χ1) is 27.1. The summed E-state index contributed by atoms with van der Waals surface area (Å²) in [5.74, 6) is 0.584. The molecule has 0 bridgehead atoms. The van der Waals surface area contributed by atoms with Crippen LogP contribution in [-0.2, 0) is 34.6 Å². The Kier molecular flexibility index (Phi) is 8.91. The number of ether oxygens (including phenoxy) is 2. The second-order valence-electron chi connectivity index (χ2n) is 15.8. The van der Waals surface area contributed by atoms with E-state index in [1.807, 2.05) is 107 Å². The Balaban J connectivity index is 1.04. The van der Waals surface area contributed by atoms with Crippen LogP contribution in [0, 0.1) is 5.92 Å². The summed E-state index contributed by atoms with van der Waals surface area (Å²) in [5, 5.41) is 21.3. The van der Waals surface area contributed by atoms with Crippen molar-refractivity contribution in [2.75, 3.05) is 23.5 Å². The Morgan fingerprint density at radius 1 is 0.893 bits per heavy atom. The monoisotopic (exact) mass is 763 g/mol. The van der Waals surface area contributed by atoms with Crippen molar-refractivity contribution in [2.45, 2.75) is 63.2 Å². The van der Waals surface area contributed by atoms with Crippen LogP contribution in [0.25, 0.3) is 10.8 Å². The van der Waals surface area contributed by atoms with Crippen molar-refractivity contribution in [1.29, 1.82) is 0 Å². The number of methoxy groups -OCH3 is 1. The summed E-state index contributed by atoms with van der Waals surface area (Å²) in [7, 11) is -0.644. The van der Waals surface area contributed by atoms with E-state index in [1.54, 1.807) is 12.0 Å². The highest BCUT2D eigenvalue weighted by Gasteiger charge is 2.66. The molecular weight excluding hydrogens is 719 g/mol. The second kappa shape index (κ2) is 13.8. The van der Waals surface area contributed by atoms with Crippen LogP contribution in [0.2, 0.25) is 18.6 Å². The molecular formula is C45H45N5O5Si. The van der Waals surface area contributed by atoms with Gasteiger partial charge in [-0.1, -0.05) is 97.1 Å². The van der Waals surface area contributed by atoms with Gasteiger partial charge in [-0.05, 0) is 65.4 Å². The lowest BCUT2D eigenvalue weighted by molar-refractivity contribution is -0.146. The number of aromatic nitrogens is 3. The van der Waals surface area contributed by atoms with E-state index in [1.165, 1.54) is 5.19 Å². The number of para-hydroxylation sites is 1. The average molecular weight is 764 g/mol. The van der Waals surface area contributed by atoms with Crippen LogP contribution >= 0.6 is 0 Å². The van der Waals surface area contributed by atoms with Crippen molar-refractivity contribution < 1.29 is 24.2 Å². The Morgan fingerprint density at radius 3 is 2.38 bits per heavy atom. The van der Waals surface area contributed by atoms with Gasteiger partial charge in [0.05, 0.1) is 50.5 Å². The van der Waals surface area contributed by atoms with Gasteiger partial charge in [0.15, 0.2) is 5.60 Å². The number of hydrogen-bond donors (Lipinski definition) is 1. The molecule has 2 amide bonds. The minimum atomic E-state index is -2.32. The average Bonchev–Trinajstić information content (AvgIpc) is 3.94. The summed E-state index contributed by atoms with van der Waals surface area (Å²) >= 11 is 0. The molecule has 56 heavy (non-hydrogen) atoms. The van der Waals surface area contributed by atoms with E-state index >= 15 is 4.79 Å². The van der Waals surface area contributed by atoms with Gasteiger partial charge >= 0.3 is 0 Å². The Hall–Kier alpha value is -5.62. The third kappa shape index (κ3) is 5.59. The maximum Gasteiger partial charge on any atom is 0.264 e. The van der Waals surface area contributed by atoms with Gasteiger partial charge in [-0.15, -0.1) is 5.10 Å². The van der Waals surface area contributed by atoms with Crippen LogP contribution < -0.4 is 19.7 Å². The number of fused-ring (bicyclic) bond motifs is 2. The summed E-state index contributed by atoms with van der Waals surface area (Å²) in [5.41, 5.74) is 4.75. The summed E-state index contributed by atoms with van der Waals surface area (Å²) in [4.78, 5) is 32.5. The molecule has 1 fully saturated rings. The van der Waals surface area contributed by atoms with Gasteiger partial charge in [-0.2, -0.15) is 0 Å². The van der Waals surface area contributed by atoms with E-state index in [4.69, 9.17) is 9.47 Å². The molecule has 5 aromatic carbocycles. The molecule has 1 aromatic heterocycles. The Labute approximate surface area is 327 Å². The number of aliphatic hydroxyl groups excluding tert-OH is 1. The van der Waals surface area contributed by atoms with Gasteiger partial charge in [0.2, 0.25) is 0 Å². The third-order valence-corrected chi connectivity index (χ3v) is 16.8. The zero-order chi connectivity index (χ0) is 38.8. The molecule has 4 atom stereocenters. The fourth-order valence-electron chi connectivity index (χ4n) is 9.74. The molecule has 0 radical (unpaired) electrons. The quantitative estimate of drug-likeness (QED) is 0.140. The van der Waals surface area contributed by atoms with Crippen LogP contribution in [-0.4, -0.2) is 59.8 Å². The van der Waals surface area contributed by atoms with Crippen LogP contribution in [0.3, 0.4) is 0 Å². The van der Waals surface area contributed by atoms with Gasteiger partial charge in [-0.3, -0.25) is 19.2 Å². The summed E-state index contributed by atoms with van der Waals surface area (Å²) in [6, 6.07) is 36.3. The topological polar surface area (TPSA) is 110 Å². The smallest absolute Gasteiger partial charge is 0.264 e. The molecule has 6 aromatic rings. The van der Waals surface area contributed by atoms with Gasteiger partial charge in [0.25, 0.3) is 11.8 Å². The van der Waals surface area contributed by atoms with Crippen LogP contribution in [0.5, 0.6) is 5.75 Å². The van der Waals surface area contributed by atoms with E-state index in [-0.39, 0.29) is 36.0 Å². The van der Waals surface area contributed by atoms with Crippen molar-refractivity contribution in [3.05, 3.63) is 138 Å².